The molecule has 1 heterocycles. The normalized spacial score (nSPS) is 47.8. The van der Waals surface area contributed by atoms with Crippen LogP contribution in [0.3, 0.4) is 0 Å². The van der Waals surface area contributed by atoms with Crippen molar-refractivity contribution < 1.29 is 9.84 Å². The minimum atomic E-state index is -0.367. The zero-order valence-corrected chi connectivity index (χ0v) is 11.0. The molecule has 0 aromatic rings. The summed E-state index contributed by atoms with van der Waals surface area (Å²) in [4.78, 5) is 0. The molecule has 2 rings (SSSR count). The van der Waals surface area contributed by atoms with Gasteiger partial charge >= 0.3 is 0 Å². The predicted molar refractivity (Wildman–Crippen MR) is 65.2 cm³/mol. The van der Waals surface area contributed by atoms with Crippen LogP contribution in [-0.2, 0) is 4.74 Å². The number of rotatable bonds is 2. The van der Waals surface area contributed by atoms with Gasteiger partial charge in [-0.1, -0.05) is 32.9 Å². The molecule has 0 bridgehead atoms. The van der Waals surface area contributed by atoms with Crippen molar-refractivity contribution in [3.63, 3.8) is 0 Å². The highest BCUT2D eigenvalue weighted by atomic mass is 16.6. The van der Waals surface area contributed by atoms with E-state index in [-0.39, 0.29) is 17.1 Å². The Hall–Kier alpha value is -0.340. The number of hydrogen-bond donors (Lipinski definition) is 1. The van der Waals surface area contributed by atoms with E-state index in [4.69, 9.17) is 4.74 Å². The van der Waals surface area contributed by atoms with E-state index in [1.807, 2.05) is 6.08 Å². The standard InChI is InChI=1S/C14H24O2/c1-9-8-12-14(5,16-12)11(13(9,3)4)7-6-10(2)15/h6-7,9-12,15H,8H2,1-5H3/b7-6+/t9-,10-,11-,12-,14+/m0/s1. The first-order chi connectivity index (χ1) is 7.28. The van der Waals surface area contributed by atoms with Crippen LogP contribution in [0.5, 0.6) is 0 Å². The number of fused-ring (bicyclic) bond motifs is 1. The van der Waals surface area contributed by atoms with Gasteiger partial charge in [-0.2, -0.15) is 0 Å². The molecule has 0 unspecified atom stereocenters. The molecule has 92 valence electrons. The highest BCUT2D eigenvalue weighted by Crippen LogP contribution is 2.60. The second kappa shape index (κ2) is 3.58. The smallest absolute Gasteiger partial charge is 0.0987 e. The van der Waals surface area contributed by atoms with E-state index in [2.05, 4.69) is 33.8 Å². The molecule has 0 radical (unpaired) electrons. The fraction of sp³-hybridized carbons (Fsp3) is 0.857. The minimum absolute atomic E-state index is 0.0153. The van der Waals surface area contributed by atoms with E-state index >= 15 is 0 Å². The minimum Gasteiger partial charge on any atom is -0.389 e. The van der Waals surface area contributed by atoms with Gasteiger partial charge in [-0.3, -0.25) is 0 Å². The molecule has 0 aromatic heterocycles. The molecule has 0 amide bonds. The van der Waals surface area contributed by atoms with Crippen LogP contribution in [0.25, 0.3) is 0 Å². The molecule has 1 aliphatic carbocycles. The third-order valence-corrected chi connectivity index (χ3v) is 4.82. The quantitative estimate of drug-likeness (QED) is 0.578. The van der Waals surface area contributed by atoms with Gasteiger partial charge in [-0.15, -0.1) is 0 Å². The molecule has 0 aromatic carbocycles. The SMILES string of the molecule is C[C@H](O)/C=C/[C@H]1C(C)(C)[C@@H](C)C[C@@H]2O[C@@]21C. The van der Waals surface area contributed by atoms with Crippen molar-refractivity contribution in [2.24, 2.45) is 17.3 Å². The maximum Gasteiger partial charge on any atom is 0.0987 e. The Kier molecular flexibility index (Phi) is 2.71. The Balaban J connectivity index is 2.24. The zero-order valence-electron chi connectivity index (χ0n) is 11.0. The Morgan fingerprint density at radius 1 is 1.38 bits per heavy atom. The third kappa shape index (κ3) is 1.72. The Bertz CT molecular complexity index is 306. The first-order valence-electron chi connectivity index (χ1n) is 6.32. The zero-order chi connectivity index (χ0) is 12.1. The van der Waals surface area contributed by atoms with Gasteiger partial charge in [0.05, 0.1) is 17.8 Å². The van der Waals surface area contributed by atoms with Gasteiger partial charge < -0.3 is 9.84 Å². The van der Waals surface area contributed by atoms with Crippen LogP contribution >= 0.6 is 0 Å². The first-order valence-corrected chi connectivity index (χ1v) is 6.32. The molecule has 2 fully saturated rings. The van der Waals surface area contributed by atoms with Gasteiger partial charge in [0.25, 0.3) is 0 Å². The van der Waals surface area contributed by atoms with E-state index < -0.39 is 0 Å². The lowest BCUT2D eigenvalue weighted by atomic mass is 9.59. The van der Waals surface area contributed by atoms with Gasteiger partial charge in [-0.05, 0) is 31.6 Å². The number of hydrogen-bond acceptors (Lipinski definition) is 2. The molecule has 2 aliphatic rings. The van der Waals surface area contributed by atoms with Gasteiger partial charge in [0.15, 0.2) is 0 Å². The highest BCUT2D eigenvalue weighted by molar-refractivity contribution is 5.19. The van der Waals surface area contributed by atoms with Crippen LogP contribution in [0.2, 0.25) is 0 Å². The Labute approximate surface area is 98.7 Å². The van der Waals surface area contributed by atoms with Crippen molar-refractivity contribution in [2.45, 2.75) is 58.8 Å². The lowest BCUT2D eigenvalue weighted by molar-refractivity contribution is 0.0813. The third-order valence-electron chi connectivity index (χ3n) is 4.82. The fourth-order valence-electron chi connectivity index (χ4n) is 3.21. The van der Waals surface area contributed by atoms with Gasteiger partial charge in [0, 0.05) is 5.92 Å². The molecule has 2 nitrogen and oxygen atoms in total. The summed E-state index contributed by atoms with van der Waals surface area (Å²) < 4.78 is 5.88. The summed E-state index contributed by atoms with van der Waals surface area (Å²) in [6, 6.07) is 0. The van der Waals surface area contributed by atoms with Crippen LogP contribution in [0.1, 0.15) is 41.0 Å². The van der Waals surface area contributed by atoms with Crippen molar-refractivity contribution in [1.29, 1.82) is 0 Å². The average Bonchev–Trinajstić information content (AvgIpc) is 2.75. The van der Waals surface area contributed by atoms with E-state index in [0.717, 1.165) is 0 Å². The van der Waals surface area contributed by atoms with Crippen LogP contribution < -0.4 is 0 Å². The molecular weight excluding hydrogens is 200 g/mol. The molecule has 0 spiro atoms. The number of aliphatic hydroxyl groups excluding tert-OH is 1. The lowest BCUT2D eigenvalue weighted by Crippen LogP contribution is -2.44. The van der Waals surface area contributed by atoms with Crippen LogP contribution in [0.15, 0.2) is 12.2 Å². The van der Waals surface area contributed by atoms with Gasteiger partial charge in [-0.25, -0.2) is 0 Å². The van der Waals surface area contributed by atoms with E-state index in [9.17, 15) is 5.11 Å². The number of ether oxygens (including phenoxy) is 1. The summed E-state index contributed by atoms with van der Waals surface area (Å²) in [7, 11) is 0. The average molecular weight is 224 g/mol. The van der Waals surface area contributed by atoms with Gasteiger partial charge in [0.2, 0.25) is 0 Å². The predicted octanol–water partition coefficient (Wildman–Crippen LogP) is 2.76. The lowest BCUT2D eigenvalue weighted by Gasteiger charge is -2.43. The largest absolute Gasteiger partial charge is 0.389 e. The summed E-state index contributed by atoms with van der Waals surface area (Å²) >= 11 is 0. The summed E-state index contributed by atoms with van der Waals surface area (Å²) in [5.74, 6) is 1.07. The first kappa shape index (κ1) is 12.1. The second-order valence-electron chi connectivity index (χ2n) is 6.35. The summed E-state index contributed by atoms with van der Waals surface area (Å²) in [6.07, 6.45) is 5.30. The van der Waals surface area contributed by atoms with Crippen LogP contribution in [0, 0.1) is 17.3 Å². The fourth-order valence-corrected chi connectivity index (χ4v) is 3.21. The van der Waals surface area contributed by atoms with Crippen molar-refractivity contribution in [3.8, 4) is 0 Å². The molecule has 16 heavy (non-hydrogen) atoms. The highest BCUT2D eigenvalue weighted by Gasteiger charge is 2.65. The van der Waals surface area contributed by atoms with Crippen molar-refractivity contribution in [2.75, 3.05) is 0 Å². The molecule has 5 atom stereocenters. The molecule has 1 saturated carbocycles. The molecule has 1 aliphatic heterocycles. The van der Waals surface area contributed by atoms with Crippen LogP contribution in [0.4, 0.5) is 0 Å². The maximum absolute atomic E-state index is 9.38. The summed E-state index contributed by atoms with van der Waals surface area (Å²) in [6.45, 7) is 11.0. The van der Waals surface area contributed by atoms with Gasteiger partial charge in [0.1, 0.15) is 0 Å². The van der Waals surface area contributed by atoms with E-state index in [1.165, 1.54) is 6.42 Å². The number of aliphatic hydroxyl groups is 1. The van der Waals surface area contributed by atoms with Crippen LogP contribution in [-0.4, -0.2) is 22.9 Å². The van der Waals surface area contributed by atoms with E-state index in [0.29, 0.717) is 17.9 Å². The Morgan fingerprint density at radius 2 is 2.00 bits per heavy atom. The molecule has 1 N–H and O–H groups in total. The van der Waals surface area contributed by atoms with Crippen molar-refractivity contribution >= 4 is 0 Å². The monoisotopic (exact) mass is 224 g/mol. The topological polar surface area (TPSA) is 32.8 Å². The molecule has 1 saturated heterocycles. The van der Waals surface area contributed by atoms with Crippen molar-refractivity contribution in [3.05, 3.63) is 12.2 Å². The second-order valence-corrected chi connectivity index (χ2v) is 6.35. The number of epoxide rings is 1. The maximum atomic E-state index is 9.38. The summed E-state index contributed by atoms with van der Waals surface area (Å²) in [5, 5.41) is 9.38. The molecular formula is C14H24O2. The molecule has 2 heteroatoms. The Morgan fingerprint density at radius 3 is 2.56 bits per heavy atom. The summed E-state index contributed by atoms with van der Waals surface area (Å²) in [5.41, 5.74) is 0.258. The van der Waals surface area contributed by atoms with Crippen molar-refractivity contribution in [1.82, 2.24) is 0 Å². The van der Waals surface area contributed by atoms with E-state index in [1.54, 1.807) is 6.92 Å².